The number of ether oxygens (including phenoxy) is 1. The molecule has 0 unspecified atom stereocenters. The molecule has 2 aromatic carbocycles. The Hall–Kier alpha value is -2.46. The summed E-state index contributed by atoms with van der Waals surface area (Å²) >= 11 is 3.33. The number of halogens is 1. The van der Waals surface area contributed by atoms with Gasteiger partial charge in [0.2, 0.25) is 0 Å². The van der Waals surface area contributed by atoms with E-state index in [1.54, 1.807) is 49.4 Å². The second-order valence-electron chi connectivity index (χ2n) is 4.94. The Morgan fingerprint density at radius 3 is 2.22 bits per heavy atom. The fraction of sp³-hybridized carbons (Fsp3) is 0.0526. The molecule has 0 heterocycles. The third-order valence-corrected chi connectivity index (χ3v) is 3.52. The third-order valence-electron chi connectivity index (χ3n) is 3.00. The van der Waals surface area contributed by atoms with Crippen LogP contribution in [0.1, 0.15) is 22.8 Å². The maximum atomic E-state index is 12.0. The number of hydrogen-bond donors (Lipinski definition) is 0. The molecule has 0 atom stereocenters. The van der Waals surface area contributed by atoms with E-state index in [2.05, 4.69) is 22.5 Å². The van der Waals surface area contributed by atoms with Gasteiger partial charge in [-0.3, -0.25) is 4.79 Å². The zero-order chi connectivity index (χ0) is 16.8. The maximum absolute atomic E-state index is 12.0. The van der Waals surface area contributed by atoms with Gasteiger partial charge in [0, 0.05) is 15.6 Å². The van der Waals surface area contributed by atoms with Crippen molar-refractivity contribution in [2.24, 2.45) is 0 Å². The first-order valence-corrected chi connectivity index (χ1v) is 7.71. The highest BCUT2D eigenvalue weighted by atomic mass is 79.9. The Kier molecular flexibility index (Phi) is 5.66. The predicted molar refractivity (Wildman–Crippen MR) is 94.4 cm³/mol. The topological polar surface area (TPSA) is 43.4 Å². The van der Waals surface area contributed by atoms with Crippen molar-refractivity contribution in [2.75, 3.05) is 0 Å². The smallest absolute Gasteiger partial charge is 0.338 e. The minimum atomic E-state index is -0.460. The van der Waals surface area contributed by atoms with Crippen LogP contribution in [-0.4, -0.2) is 11.8 Å². The molecule has 0 saturated heterocycles. The first-order chi connectivity index (χ1) is 11.0. The van der Waals surface area contributed by atoms with E-state index < -0.39 is 5.97 Å². The molecule has 4 heteroatoms. The summed E-state index contributed by atoms with van der Waals surface area (Å²) in [4.78, 5) is 23.4. The van der Waals surface area contributed by atoms with Crippen LogP contribution in [0.25, 0.3) is 6.08 Å². The van der Waals surface area contributed by atoms with Gasteiger partial charge in [-0.15, -0.1) is 0 Å². The number of hydrogen-bond acceptors (Lipinski definition) is 3. The molecular weight excluding hydrogens is 356 g/mol. The molecule has 0 amide bonds. The van der Waals surface area contributed by atoms with Crippen molar-refractivity contribution in [3.8, 4) is 5.75 Å². The second-order valence-corrected chi connectivity index (χ2v) is 5.86. The van der Waals surface area contributed by atoms with Crippen molar-refractivity contribution >= 4 is 33.8 Å². The molecule has 0 spiro atoms. The average Bonchev–Trinajstić information content (AvgIpc) is 2.54. The summed E-state index contributed by atoms with van der Waals surface area (Å²) in [6.45, 7) is 5.12. The van der Waals surface area contributed by atoms with E-state index in [9.17, 15) is 9.59 Å². The number of rotatable bonds is 5. The summed E-state index contributed by atoms with van der Waals surface area (Å²) in [6.07, 6.45) is 3.23. The van der Waals surface area contributed by atoms with E-state index >= 15 is 0 Å². The molecule has 23 heavy (non-hydrogen) atoms. The molecule has 0 N–H and O–H groups in total. The zero-order valence-corrected chi connectivity index (χ0v) is 14.2. The first-order valence-electron chi connectivity index (χ1n) is 6.91. The molecule has 0 fully saturated rings. The number of carbonyl (C=O) groups is 2. The molecule has 0 radical (unpaired) electrons. The lowest BCUT2D eigenvalue weighted by Gasteiger charge is -2.03. The Labute approximate surface area is 143 Å². The van der Waals surface area contributed by atoms with E-state index in [1.165, 1.54) is 6.08 Å². The lowest BCUT2D eigenvalue weighted by atomic mass is 10.1. The van der Waals surface area contributed by atoms with Crippen LogP contribution in [0.4, 0.5) is 0 Å². The summed E-state index contributed by atoms with van der Waals surface area (Å²) in [7, 11) is 0. The minimum Gasteiger partial charge on any atom is -0.423 e. The summed E-state index contributed by atoms with van der Waals surface area (Å²) in [5.41, 5.74) is 1.80. The standard InChI is InChI=1S/C19H15BrO3/c1-13(2)19(22)23-17-10-3-14(4-11-17)5-12-18(21)15-6-8-16(20)9-7-15/h3-12H,1H2,2H3/b12-5+. The van der Waals surface area contributed by atoms with Crippen molar-refractivity contribution < 1.29 is 14.3 Å². The Morgan fingerprint density at radius 1 is 1.04 bits per heavy atom. The van der Waals surface area contributed by atoms with Crippen LogP contribution in [0.2, 0.25) is 0 Å². The minimum absolute atomic E-state index is 0.0738. The van der Waals surface area contributed by atoms with Crippen LogP contribution in [0, 0.1) is 0 Å². The molecule has 0 aromatic heterocycles. The van der Waals surface area contributed by atoms with Crippen LogP contribution in [0.15, 0.2) is 71.2 Å². The van der Waals surface area contributed by atoms with E-state index in [-0.39, 0.29) is 5.78 Å². The van der Waals surface area contributed by atoms with Gasteiger partial charge >= 0.3 is 5.97 Å². The van der Waals surface area contributed by atoms with Crippen molar-refractivity contribution in [3.63, 3.8) is 0 Å². The monoisotopic (exact) mass is 370 g/mol. The molecule has 2 rings (SSSR count). The summed E-state index contributed by atoms with van der Waals surface area (Å²) < 4.78 is 6.03. The summed E-state index contributed by atoms with van der Waals surface area (Å²) in [5, 5.41) is 0. The van der Waals surface area contributed by atoms with Crippen LogP contribution in [0.5, 0.6) is 5.75 Å². The zero-order valence-electron chi connectivity index (χ0n) is 12.6. The molecule has 0 aliphatic heterocycles. The van der Waals surface area contributed by atoms with Gasteiger partial charge in [-0.25, -0.2) is 4.79 Å². The van der Waals surface area contributed by atoms with E-state index in [1.807, 2.05) is 12.1 Å². The Bertz CT molecular complexity index is 756. The molecule has 0 aliphatic rings. The normalized spacial score (nSPS) is 10.5. The molecule has 2 aromatic rings. The van der Waals surface area contributed by atoms with Gasteiger partial charge in [-0.2, -0.15) is 0 Å². The lowest BCUT2D eigenvalue weighted by molar-refractivity contribution is -0.130. The van der Waals surface area contributed by atoms with Crippen molar-refractivity contribution in [3.05, 3.63) is 82.4 Å². The van der Waals surface area contributed by atoms with Crippen LogP contribution in [-0.2, 0) is 4.79 Å². The van der Waals surface area contributed by atoms with Gasteiger partial charge < -0.3 is 4.74 Å². The molecular formula is C19H15BrO3. The van der Waals surface area contributed by atoms with Crippen molar-refractivity contribution in [1.82, 2.24) is 0 Å². The number of carbonyl (C=O) groups excluding carboxylic acids is 2. The Balaban J connectivity index is 2.02. The van der Waals surface area contributed by atoms with Crippen molar-refractivity contribution in [2.45, 2.75) is 6.92 Å². The number of benzene rings is 2. The molecule has 0 aliphatic carbocycles. The average molecular weight is 371 g/mol. The molecule has 3 nitrogen and oxygen atoms in total. The first kappa shape index (κ1) is 16.9. The van der Waals surface area contributed by atoms with E-state index in [0.717, 1.165) is 10.0 Å². The fourth-order valence-electron chi connectivity index (χ4n) is 1.72. The summed E-state index contributed by atoms with van der Waals surface area (Å²) in [6, 6.07) is 14.1. The predicted octanol–water partition coefficient (Wildman–Crippen LogP) is 4.83. The number of ketones is 1. The van der Waals surface area contributed by atoms with Crippen molar-refractivity contribution in [1.29, 1.82) is 0 Å². The third kappa shape index (κ3) is 5.04. The van der Waals surface area contributed by atoms with Gasteiger partial charge in [0.1, 0.15) is 5.75 Å². The largest absolute Gasteiger partial charge is 0.423 e. The fourth-order valence-corrected chi connectivity index (χ4v) is 1.99. The Morgan fingerprint density at radius 2 is 1.65 bits per heavy atom. The highest BCUT2D eigenvalue weighted by Crippen LogP contribution is 2.15. The number of allylic oxidation sites excluding steroid dienone is 1. The highest BCUT2D eigenvalue weighted by Gasteiger charge is 2.05. The van der Waals surface area contributed by atoms with Gasteiger partial charge in [0.05, 0.1) is 0 Å². The lowest BCUT2D eigenvalue weighted by Crippen LogP contribution is -2.07. The van der Waals surface area contributed by atoms with E-state index in [0.29, 0.717) is 16.9 Å². The molecule has 116 valence electrons. The van der Waals surface area contributed by atoms with Crippen LogP contribution >= 0.6 is 15.9 Å². The van der Waals surface area contributed by atoms with Gasteiger partial charge in [0.15, 0.2) is 5.78 Å². The second kappa shape index (κ2) is 7.70. The number of esters is 1. The SMILES string of the molecule is C=C(C)C(=O)Oc1ccc(/C=C/C(=O)c2ccc(Br)cc2)cc1. The van der Waals surface area contributed by atoms with Gasteiger partial charge in [-0.05, 0) is 55.0 Å². The molecule has 0 bridgehead atoms. The van der Waals surface area contributed by atoms with Crippen LogP contribution in [0.3, 0.4) is 0 Å². The highest BCUT2D eigenvalue weighted by molar-refractivity contribution is 9.10. The molecule has 0 saturated carbocycles. The maximum Gasteiger partial charge on any atom is 0.338 e. The summed E-state index contributed by atoms with van der Waals surface area (Å²) in [5.74, 6) is -0.0941. The van der Waals surface area contributed by atoms with Gasteiger partial charge in [-0.1, -0.05) is 40.7 Å². The van der Waals surface area contributed by atoms with E-state index in [4.69, 9.17) is 4.74 Å². The quantitative estimate of drug-likeness (QED) is 0.327. The van der Waals surface area contributed by atoms with Crippen LogP contribution < -0.4 is 4.74 Å². The van der Waals surface area contributed by atoms with Gasteiger partial charge in [0.25, 0.3) is 0 Å².